The normalized spacial score (nSPS) is 14.6. The third-order valence-electron chi connectivity index (χ3n) is 4.39. The standard InChI is InChI=1S/C19H21ClN2O2S/c20-16-5-1-4-15(14-16)19(24)22-11-9-21(10-12-22)18(23)8-2-6-17-7-3-13-25-17/h1,3-5,7,13-14H,2,6,8-12H2. The summed E-state index contributed by atoms with van der Waals surface area (Å²) >= 11 is 7.69. The minimum atomic E-state index is -0.0210. The zero-order chi connectivity index (χ0) is 17.6. The monoisotopic (exact) mass is 376 g/mol. The van der Waals surface area contributed by atoms with Gasteiger partial charge in [-0.3, -0.25) is 9.59 Å². The Labute approximate surface area is 157 Å². The second-order valence-electron chi connectivity index (χ2n) is 6.12. The number of thiophene rings is 1. The number of piperazine rings is 1. The molecule has 0 radical (unpaired) electrons. The molecule has 25 heavy (non-hydrogen) atoms. The summed E-state index contributed by atoms with van der Waals surface area (Å²) in [6.07, 6.45) is 2.40. The van der Waals surface area contributed by atoms with Crippen LogP contribution in [0.1, 0.15) is 28.1 Å². The third kappa shape index (κ3) is 4.83. The number of carbonyl (C=O) groups excluding carboxylic acids is 2. The first-order valence-electron chi connectivity index (χ1n) is 8.48. The summed E-state index contributed by atoms with van der Waals surface area (Å²) < 4.78 is 0. The Balaban J connectivity index is 1.44. The van der Waals surface area contributed by atoms with E-state index in [1.54, 1.807) is 40.5 Å². The van der Waals surface area contributed by atoms with Crippen molar-refractivity contribution in [2.75, 3.05) is 26.2 Å². The average Bonchev–Trinajstić information content (AvgIpc) is 3.14. The molecule has 2 aromatic rings. The van der Waals surface area contributed by atoms with E-state index >= 15 is 0 Å². The fraction of sp³-hybridized carbons (Fsp3) is 0.368. The lowest BCUT2D eigenvalue weighted by Crippen LogP contribution is -2.50. The maximum atomic E-state index is 12.5. The molecule has 2 heterocycles. The number of hydrogen-bond acceptors (Lipinski definition) is 3. The molecule has 1 aromatic carbocycles. The van der Waals surface area contributed by atoms with Crippen LogP contribution in [0.4, 0.5) is 0 Å². The fourth-order valence-electron chi connectivity index (χ4n) is 2.99. The van der Waals surface area contributed by atoms with Crippen molar-refractivity contribution in [1.29, 1.82) is 0 Å². The number of benzene rings is 1. The highest BCUT2D eigenvalue weighted by molar-refractivity contribution is 7.09. The number of nitrogens with zero attached hydrogens (tertiary/aromatic N) is 2. The zero-order valence-corrected chi connectivity index (χ0v) is 15.6. The van der Waals surface area contributed by atoms with Gasteiger partial charge in [-0.2, -0.15) is 0 Å². The van der Waals surface area contributed by atoms with Gasteiger partial charge in [-0.05, 0) is 42.5 Å². The van der Waals surface area contributed by atoms with Gasteiger partial charge in [0.2, 0.25) is 5.91 Å². The highest BCUT2D eigenvalue weighted by Gasteiger charge is 2.24. The lowest BCUT2D eigenvalue weighted by atomic mass is 10.1. The molecule has 0 atom stereocenters. The molecule has 1 saturated heterocycles. The van der Waals surface area contributed by atoms with Crippen LogP contribution in [-0.4, -0.2) is 47.8 Å². The van der Waals surface area contributed by atoms with Gasteiger partial charge in [0.25, 0.3) is 5.91 Å². The molecular formula is C19H21ClN2O2S. The number of amides is 2. The van der Waals surface area contributed by atoms with Crippen LogP contribution < -0.4 is 0 Å². The number of aryl methyl sites for hydroxylation is 1. The van der Waals surface area contributed by atoms with Crippen molar-refractivity contribution in [3.8, 4) is 0 Å². The van der Waals surface area contributed by atoms with Gasteiger partial charge in [0.1, 0.15) is 0 Å². The maximum absolute atomic E-state index is 12.5. The molecule has 1 aromatic heterocycles. The number of halogens is 1. The van der Waals surface area contributed by atoms with E-state index in [0.717, 1.165) is 12.8 Å². The highest BCUT2D eigenvalue weighted by Crippen LogP contribution is 2.16. The average molecular weight is 377 g/mol. The highest BCUT2D eigenvalue weighted by atomic mass is 35.5. The van der Waals surface area contributed by atoms with Crippen LogP contribution in [0.2, 0.25) is 5.02 Å². The van der Waals surface area contributed by atoms with Gasteiger partial charge in [0.15, 0.2) is 0 Å². The van der Waals surface area contributed by atoms with Crippen LogP contribution in [0.15, 0.2) is 41.8 Å². The molecule has 1 aliphatic heterocycles. The Morgan fingerprint density at radius 1 is 1.04 bits per heavy atom. The molecule has 132 valence electrons. The number of carbonyl (C=O) groups is 2. The Morgan fingerprint density at radius 3 is 2.48 bits per heavy atom. The van der Waals surface area contributed by atoms with Gasteiger partial charge in [-0.1, -0.05) is 23.7 Å². The van der Waals surface area contributed by atoms with E-state index < -0.39 is 0 Å². The molecule has 0 aliphatic carbocycles. The minimum Gasteiger partial charge on any atom is -0.339 e. The maximum Gasteiger partial charge on any atom is 0.254 e. The van der Waals surface area contributed by atoms with Gasteiger partial charge >= 0.3 is 0 Å². The smallest absolute Gasteiger partial charge is 0.254 e. The molecule has 0 spiro atoms. The number of rotatable bonds is 5. The molecule has 0 N–H and O–H groups in total. The summed E-state index contributed by atoms with van der Waals surface area (Å²) in [4.78, 5) is 29.8. The van der Waals surface area contributed by atoms with Gasteiger partial charge in [0.05, 0.1) is 0 Å². The predicted molar refractivity (Wildman–Crippen MR) is 101 cm³/mol. The fourth-order valence-corrected chi connectivity index (χ4v) is 3.93. The Morgan fingerprint density at radius 2 is 1.80 bits per heavy atom. The van der Waals surface area contributed by atoms with Crippen molar-refractivity contribution in [3.63, 3.8) is 0 Å². The van der Waals surface area contributed by atoms with Crippen molar-refractivity contribution < 1.29 is 9.59 Å². The van der Waals surface area contributed by atoms with Crippen LogP contribution in [0, 0.1) is 0 Å². The van der Waals surface area contributed by atoms with Crippen LogP contribution in [0.3, 0.4) is 0 Å². The Kier molecular flexibility index (Phi) is 6.10. The van der Waals surface area contributed by atoms with Crippen LogP contribution in [0.5, 0.6) is 0 Å². The first-order chi connectivity index (χ1) is 12.1. The third-order valence-corrected chi connectivity index (χ3v) is 5.56. The Hall–Kier alpha value is -1.85. The van der Waals surface area contributed by atoms with E-state index in [2.05, 4.69) is 11.4 Å². The Bertz CT molecular complexity index is 725. The predicted octanol–water partition coefficient (Wildman–Crippen LogP) is 3.71. The second-order valence-corrected chi connectivity index (χ2v) is 7.58. The van der Waals surface area contributed by atoms with Gasteiger partial charge in [-0.15, -0.1) is 11.3 Å². The first kappa shape index (κ1) is 18.0. The summed E-state index contributed by atoms with van der Waals surface area (Å²) in [6.45, 7) is 2.35. The second kappa shape index (κ2) is 8.50. The summed E-state index contributed by atoms with van der Waals surface area (Å²) in [5.41, 5.74) is 0.600. The lowest BCUT2D eigenvalue weighted by molar-refractivity contribution is -0.132. The van der Waals surface area contributed by atoms with E-state index in [0.29, 0.717) is 43.2 Å². The molecule has 3 rings (SSSR count). The summed E-state index contributed by atoms with van der Waals surface area (Å²) in [7, 11) is 0. The van der Waals surface area contributed by atoms with Gasteiger partial charge < -0.3 is 9.80 Å². The molecule has 1 aliphatic rings. The van der Waals surface area contributed by atoms with Gasteiger partial charge in [-0.25, -0.2) is 0 Å². The molecular weight excluding hydrogens is 356 g/mol. The molecule has 1 fully saturated rings. The molecule has 0 unspecified atom stereocenters. The molecule has 2 amide bonds. The van der Waals surface area contributed by atoms with Gasteiger partial charge in [0, 0.05) is 48.1 Å². The summed E-state index contributed by atoms with van der Waals surface area (Å²) in [6, 6.07) is 11.1. The van der Waals surface area contributed by atoms with Crippen molar-refractivity contribution in [1.82, 2.24) is 9.80 Å². The van der Waals surface area contributed by atoms with Crippen LogP contribution in [0.25, 0.3) is 0 Å². The van der Waals surface area contributed by atoms with E-state index in [-0.39, 0.29) is 11.8 Å². The van der Waals surface area contributed by atoms with Crippen molar-refractivity contribution >= 4 is 34.8 Å². The molecule has 0 saturated carbocycles. The van der Waals surface area contributed by atoms with Crippen LogP contribution >= 0.6 is 22.9 Å². The lowest BCUT2D eigenvalue weighted by Gasteiger charge is -2.35. The first-order valence-corrected chi connectivity index (χ1v) is 9.74. The number of hydrogen-bond donors (Lipinski definition) is 0. The molecule has 4 nitrogen and oxygen atoms in total. The topological polar surface area (TPSA) is 40.6 Å². The minimum absolute atomic E-state index is 0.0210. The quantitative estimate of drug-likeness (QED) is 0.798. The van der Waals surface area contributed by atoms with Crippen molar-refractivity contribution in [2.24, 2.45) is 0 Å². The molecule has 0 bridgehead atoms. The summed E-state index contributed by atoms with van der Waals surface area (Å²) in [5, 5.41) is 2.62. The van der Waals surface area contributed by atoms with Crippen molar-refractivity contribution in [3.05, 3.63) is 57.2 Å². The van der Waals surface area contributed by atoms with Crippen molar-refractivity contribution in [2.45, 2.75) is 19.3 Å². The largest absolute Gasteiger partial charge is 0.339 e. The van der Waals surface area contributed by atoms with E-state index in [1.165, 1.54) is 4.88 Å². The SMILES string of the molecule is O=C(CCCc1cccs1)N1CCN(C(=O)c2cccc(Cl)c2)CC1. The van der Waals surface area contributed by atoms with E-state index in [9.17, 15) is 9.59 Å². The van der Waals surface area contributed by atoms with E-state index in [4.69, 9.17) is 11.6 Å². The zero-order valence-electron chi connectivity index (χ0n) is 14.0. The molecule has 6 heteroatoms. The van der Waals surface area contributed by atoms with Crippen LogP contribution in [-0.2, 0) is 11.2 Å². The summed E-state index contributed by atoms with van der Waals surface area (Å²) in [5.74, 6) is 0.165. The van der Waals surface area contributed by atoms with E-state index in [1.807, 2.05) is 11.0 Å².